The van der Waals surface area contributed by atoms with Gasteiger partial charge in [0.1, 0.15) is 11.5 Å². The second-order valence-corrected chi connectivity index (χ2v) is 7.02. The monoisotopic (exact) mass is 363 g/mol. The van der Waals surface area contributed by atoms with Crippen LogP contribution in [0.1, 0.15) is 19.8 Å². The lowest BCUT2D eigenvalue weighted by molar-refractivity contribution is -0.129. The number of hydrogen-bond acceptors (Lipinski definition) is 7. The van der Waals surface area contributed by atoms with E-state index in [9.17, 15) is 4.79 Å². The summed E-state index contributed by atoms with van der Waals surface area (Å²) in [6.45, 7) is 3.53. The number of carbonyl (C=O) groups excluding carboxylic acids is 1. The first-order chi connectivity index (χ1) is 12.1. The molecule has 25 heavy (non-hydrogen) atoms. The number of aromatic nitrogens is 2. The highest BCUT2D eigenvalue weighted by atomic mass is 32.2. The van der Waals surface area contributed by atoms with Gasteiger partial charge in [0.15, 0.2) is 0 Å². The Bertz CT molecular complexity index is 743. The van der Waals surface area contributed by atoms with Crippen LogP contribution in [0.4, 0.5) is 0 Å². The Morgan fingerprint density at radius 1 is 1.24 bits per heavy atom. The average Bonchev–Trinajstić information content (AvgIpc) is 3.32. The van der Waals surface area contributed by atoms with Crippen LogP contribution in [0.3, 0.4) is 0 Å². The number of ether oxygens (including phenoxy) is 2. The number of thioether (sulfide) groups is 1. The fourth-order valence-corrected chi connectivity index (χ4v) is 3.51. The van der Waals surface area contributed by atoms with E-state index in [1.165, 1.54) is 11.8 Å². The standard InChI is InChI=1S/C17H21N3O4S/c1-11(16(21)20-8-4-5-9-20)25-17-19-18-15(24-17)13-7-6-12(22-2)10-14(13)23-3/h6-7,10-11H,4-5,8-9H2,1-3H3. The summed E-state index contributed by atoms with van der Waals surface area (Å²) in [7, 11) is 3.16. The van der Waals surface area contributed by atoms with Crippen LogP contribution in [0.25, 0.3) is 11.5 Å². The van der Waals surface area contributed by atoms with Gasteiger partial charge in [0.25, 0.3) is 11.1 Å². The highest BCUT2D eigenvalue weighted by molar-refractivity contribution is 8.00. The Labute approximate surface area is 150 Å². The van der Waals surface area contributed by atoms with Gasteiger partial charge in [-0.15, -0.1) is 10.2 Å². The van der Waals surface area contributed by atoms with Crippen molar-refractivity contribution >= 4 is 17.7 Å². The predicted octanol–water partition coefficient (Wildman–Crippen LogP) is 2.86. The van der Waals surface area contributed by atoms with Crippen LogP contribution in [-0.4, -0.2) is 53.6 Å². The summed E-state index contributed by atoms with van der Waals surface area (Å²) in [5.74, 6) is 1.73. The molecule has 8 heteroatoms. The van der Waals surface area contributed by atoms with Crippen LogP contribution in [-0.2, 0) is 4.79 Å². The van der Waals surface area contributed by atoms with Gasteiger partial charge in [0.2, 0.25) is 5.91 Å². The molecule has 1 unspecified atom stereocenters. The van der Waals surface area contributed by atoms with Crippen molar-refractivity contribution in [3.63, 3.8) is 0 Å². The van der Waals surface area contributed by atoms with Gasteiger partial charge in [-0.3, -0.25) is 4.79 Å². The van der Waals surface area contributed by atoms with Gasteiger partial charge in [0, 0.05) is 19.2 Å². The molecule has 7 nitrogen and oxygen atoms in total. The van der Waals surface area contributed by atoms with Crippen LogP contribution >= 0.6 is 11.8 Å². The maximum Gasteiger partial charge on any atom is 0.277 e. The largest absolute Gasteiger partial charge is 0.497 e. The zero-order chi connectivity index (χ0) is 17.8. The number of rotatable bonds is 6. The van der Waals surface area contributed by atoms with Crippen molar-refractivity contribution in [2.75, 3.05) is 27.3 Å². The van der Waals surface area contributed by atoms with E-state index in [2.05, 4.69) is 10.2 Å². The molecule has 1 atom stereocenters. The normalized spacial score (nSPS) is 15.2. The van der Waals surface area contributed by atoms with Gasteiger partial charge >= 0.3 is 0 Å². The Morgan fingerprint density at radius 2 is 2.00 bits per heavy atom. The number of nitrogens with zero attached hydrogens (tertiary/aromatic N) is 3. The molecule has 2 heterocycles. The SMILES string of the molecule is COc1ccc(-c2nnc(SC(C)C(=O)N3CCCC3)o2)c(OC)c1. The minimum atomic E-state index is -0.260. The van der Waals surface area contributed by atoms with Gasteiger partial charge in [-0.05, 0) is 31.9 Å². The number of likely N-dealkylation sites (tertiary alicyclic amines) is 1. The molecule has 1 aromatic carbocycles. The van der Waals surface area contributed by atoms with Crippen LogP contribution in [0, 0.1) is 0 Å². The number of carbonyl (C=O) groups is 1. The topological polar surface area (TPSA) is 77.7 Å². The van der Waals surface area contributed by atoms with Crippen molar-refractivity contribution in [1.29, 1.82) is 0 Å². The second-order valence-electron chi connectivity index (χ2n) is 5.73. The van der Waals surface area contributed by atoms with E-state index in [1.54, 1.807) is 32.4 Å². The third-order valence-corrected chi connectivity index (χ3v) is 5.01. The fourth-order valence-electron chi connectivity index (χ4n) is 2.74. The van der Waals surface area contributed by atoms with Crippen LogP contribution in [0.2, 0.25) is 0 Å². The first-order valence-corrected chi connectivity index (χ1v) is 9.01. The maximum atomic E-state index is 12.4. The number of benzene rings is 1. The average molecular weight is 363 g/mol. The number of hydrogen-bond donors (Lipinski definition) is 0. The minimum absolute atomic E-state index is 0.115. The van der Waals surface area contributed by atoms with Crippen molar-refractivity contribution in [2.24, 2.45) is 0 Å². The molecule has 1 aliphatic heterocycles. The maximum absolute atomic E-state index is 12.4. The summed E-state index contributed by atoms with van der Waals surface area (Å²) in [4.78, 5) is 14.3. The van der Waals surface area contributed by atoms with Gasteiger partial charge < -0.3 is 18.8 Å². The Hall–Kier alpha value is -2.22. The van der Waals surface area contributed by atoms with Gasteiger partial charge in [-0.1, -0.05) is 11.8 Å². The van der Waals surface area contributed by atoms with E-state index in [1.807, 2.05) is 11.8 Å². The molecule has 1 saturated heterocycles. The molecule has 0 aliphatic carbocycles. The lowest BCUT2D eigenvalue weighted by Gasteiger charge is -2.18. The van der Waals surface area contributed by atoms with Crippen molar-refractivity contribution in [3.05, 3.63) is 18.2 Å². The van der Waals surface area contributed by atoms with Crippen molar-refractivity contribution in [3.8, 4) is 23.0 Å². The molecular formula is C17H21N3O4S. The third-order valence-electron chi connectivity index (χ3n) is 4.09. The van der Waals surface area contributed by atoms with E-state index < -0.39 is 0 Å². The molecule has 1 fully saturated rings. The highest BCUT2D eigenvalue weighted by Crippen LogP contribution is 2.34. The quantitative estimate of drug-likeness (QED) is 0.730. The molecule has 3 rings (SSSR count). The summed E-state index contributed by atoms with van der Waals surface area (Å²) in [6.07, 6.45) is 2.15. The van der Waals surface area contributed by atoms with Crippen molar-refractivity contribution < 1.29 is 18.7 Å². The molecule has 0 bridgehead atoms. The molecular weight excluding hydrogens is 342 g/mol. The number of methoxy groups -OCH3 is 2. The lowest BCUT2D eigenvalue weighted by Crippen LogP contribution is -2.34. The van der Waals surface area contributed by atoms with E-state index >= 15 is 0 Å². The van der Waals surface area contributed by atoms with Gasteiger partial charge in [-0.25, -0.2) is 0 Å². The molecule has 2 aromatic rings. The molecule has 1 amide bonds. The summed E-state index contributed by atoms with van der Waals surface area (Å²) in [6, 6.07) is 5.36. The Kier molecular flexibility index (Phi) is 5.47. The molecule has 0 spiro atoms. The lowest BCUT2D eigenvalue weighted by atomic mass is 10.2. The Morgan fingerprint density at radius 3 is 2.68 bits per heavy atom. The fraction of sp³-hybridized carbons (Fsp3) is 0.471. The van der Waals surface area contributed by atoms with E-state index in [0.717, 1.165) is 25.9 Å². The van der Waals surface area contributed by atoms with Gasteiger partial charge in [0.05, 0.1) is 25.0 Å². The first-order valence-electron chi connectivity index (χ1n) is 8.13. The highest BCUT2D eigenvalue weighted by Gasteiger charge is 2.26. The van der Waals surface area contributed by atoms with Crippen LogP contribution in [0.5, 0.6) is 11.5 Å². The first kappa shape index (κ1) is 17.6. The van der Waals surface area contributed by atoms with Gasteiger partial charge in [-0.2, -0.15) is 0 Å². The second kappa shape index (κ2) is 7.77. The third kappa shape index (κ3) is 3.89. The minimum Gasteiger partial charge on any atom is -0.497 e. The van der Waals surface area contributed by atoms with E-state index in [0.29, 0.717) is 28.2 Å². The van der Waals surface area contributed by atoms with Crippen LogP contribution < -0.4 is 9.47 Å². The van der Waals surface area contributed by atoms with E-state index in [-0.39, 0.29) is 11.2 Å². The summed E-state index contributed by atoms with van der Waals surface area (Å²) < 4.78 is 16.3. The molecule has 0 N–H and O–H groups in total. The molecule has 134 valence electrons. The van der Waals surface area contributed by atoms with Crippen molar-refractivity contribution in [2.45, 2.75) is 30.2 Å². The molecule has 0 radical (unpaired) electrons. The summed E-state index contributed by atoms with van der Waals surface area (Å²) in [5, 5.41) is 8.23. The van der Waals surface area contributed by atoms with Crippen molar-refractivity contribution in [1.82, 2.24) is 15.1 Å². The van der Waals surface area contributed by atoms with E-state index in [4.69, 9.17) is 13.9 Å². The number of amides is 1. The smallest absolute Gasteiger partial charge is 0.277 e. The molecule has 0 saturated carbocycles. The predicted molar refractivity (Wildman–Crippen MR) is 94.0 cm³/mol. The summed E-state index contributed by atoms with van der Waals surface area (Å²) >= 11 is 1.28. The van der Waals surface area contributed by atoms with Crippen LogP contribution in [0.15, 0.2) is 27.8 Å². The summed E-state index contributed by atoms with van der Waals surface area (Å²) in [5.41, 5.74) is 0.682. The Balaban J connectivity index is 1.73. The molecule has 1 aromatic heterocycles. The zero-order valence-corrected chi connectivity index (χ0v) is 15.3. The zero-order valence-electron chi connectivity index (χ0n) is 14.5. The molecule has 1 aliphatic rings.